The van der Waals surface area contributed by atoms with Crippen molar-refractivity contribution in [2.45, 2.75) is 26.3 Å². The minimum absolute atomic E-state index is 0.685. The Bertz CT molecular complexity index is 201. The van der Waals surface area contributed by atoms with E-state index >= 15 is 0 Å². The molecule has 1 unspecified atom stereocenters. The van der Waals surface area contributed by atoms with E-state index in [0.29, 0.717) is 6.04 Å². The molecule has 0 N–H and O–H groups in total. The fourth-order valence-electron chi connectivity index (χ4n) is 2.50. The quantitative estimate of drug-likeness (QED) is 0.511. The van der Waals surface area contributed by atoms with Gasteiger partial charge < -0.3 is 4.90 Å². The highest BCUT2D eigenvalue weighted by molar-refractivity contribution is 5.10. The second-order valence-corrected chi connectivity index (χ2v) is 4.18. The van der Waals surface area contributed by atoms with Crippen molar-refractivity contribution < 1.29 is 0 Å². The zero-order valence-electron chi connectivity index (χ0n) is 7.25. The fourth-order valence-corrected chi connectivity index (χ4v) is 2.50. The Balaban J connectivity index is 2.10. The number of likely N-dealkylation sites (tertiary alicyclic amines) is 1. The first-order valence-electron chi connectivity index (χ1n) is 4.47. The van der Waals surface area contributed by atoms with E-state index in [4.69, 9.17) is 6.42 Å². The lowest BCUT2D eigenvalue weighted by atomic mass is 10.00. The molecule has 1 saturated heterocycles. The standard InChI is InChI=1S/C10H15N/c1-4-11-6-8-5-9(8)10(11)7(2)3/h1,7-10H,5-6H2,2-3H3/t8-,9-,10?/m1/s1. The lowest BCUT2D eigenvalue weighted by Crippen LogP contribution is -2.33. The number of hydrogen-bond donors (Lipinski definition) is 0. The summed E-state index contributed by atoms with van der Waals surface area (Å²) in [6, 6.07) is 3.47. The number of piperidine rings is 1. The van der Waals surface area contributed by atoms with Crippen molar-refractivity contribution in [1.29, 1.82) is 0 Å². The van der Waals surface area contributed by atoms with Crippen molar-refractivity contribution in [3.8, 4) is 12.5 Å². The Labute approximate surface area is 68.8 Å². The highest BCUT2D eigenvalue weighted by atomic mass is 15.2. The van der Waals surface area contributed by atoms with E-state index in [0.717, 1.165) is 24.3 Å². The Morgan fingerprint density at radius 2 is 2.27 bits per heavy atom. The van der Waals surface area contributed by atoms with Crippen LogP contribution in [0.25, 0.3) is 0 Å². The van der Waals surface area contributed by atoms with E-state index < -0.39 is 0 Å². The van der Waals surface area contributed by atoms with Crippen LogP contribution in [0.2, 0.25) is 0 Å². The molecule has 0 bridgehead atoms. The molecule has 1 nitrogen and oxygen atoms in total. The maximum Gasteiger partial charge on any atom is 0.0425 e. The van der Waals surface area contributed by atoms with E-state index in [1.807, 2.05) is 0 Å². The summed E-state index contributed by atoms with van der Waals surface area (Å²) >= 11 is 0. The predicted molar refractivity (Wildman–Crippen MR) is 45.8 cm³/mol. The van der Waals surface area contributed by atoms with Gasteiger partial charge in [0.15, 0.2) is 0 Å². The summed E-state index contributed by atoms with van der Waals surface area (Å²) in [7, 11) is 0. The molecule has 0 radical (unpaired) electrons. The van der Waals surface area contributed by atoms with Crippen molar-refractivity contribution >= 4 is 0 Å². The van der Waals surface area contributed by atoms with Crippen LogP contribution in [0.4, 0.5) is 0 Å². The topological polar surface area (TPSA) is 3.24 Å². The molecule has 3 atom stereocenters. The van der Waals surface area contributed by atoms with Crippen LogP contribution in [0.1, 0.15) is 20.3 Å². The van der Waals surface area contributed by atoms with E-state index in [9.17, 15) is 0 Å². The summed E-state index contributed by atoms with van der Waals surface area (Å²) in [5, 5.41) is 0. The first-order chi connectivity index (χ1) is 5.24. The highest BCUT2D eigenvalue weighted by Crippen LogP contribution is 2.51. The van der Waals surface area contributed by atoms with Crippen molar-refractivity contribution in [2.24, 2.45) is 17.8 Å². The van der Waals surface area contributed by atoms with Gasteiger partial charge in [0.2, 0.25) is 0 Å². The minimum atomic E-state index is 0.685. The van der Waals surface area contributed by atoms with E-state index in [2.05, 4.69) is 24.8 Å². The molecule has 1 aliphatic carbocycles. The molecule has 2 rings (SSSR count). The predicted octanol–water partition coefficient (Wildman–Crippen LogP) is 1.55. The third-order valence-corrected chi connectivity index (χ3v) is 3.06. The number of hydrogen-bond acceptors (Lipinski definition) is 1. The zero-order chi connectivity index (χ0) is 8.01. The Hall–Kier alpha value is -0.640. The van der Waals surface area contributed by atoms with Crippen molar-refractivity contribution in [2.75, 3.05) is 6.54 Å². The summed E-state index contributed by atoms with van der Waals surface area (Å²) in [4.78, 5) is 2.20. The SMILES string of the molecule is C#CN1C[C@H]2C[C@H]2C1C(C)C. The van der Waals surface area contributed by atoms with Crippen molar-refractivity contribution in [1.82, 2.24) is 4.90 Å². The summed E-state index contributed by atoms with van der Waals surface area (Å²) in [5.74, 6) is 2.60. The molecule has 11 heavy (non-hydrogen) atoms. The third kappa shape index (κ3) is 0.929. The third-order valence-electron chi connectivity index (χ3n) is 3.06. The van der Waals surface area contributed by atoms with Gasteiger partial charge in [0.25, 0.3) is 0 Å². The second kappa shape index (κ2) is 2.17. The van der Waals surface area contributed by atoms with Gasteiger partial charge in [0, 0.05) is 18.6 Å². The minimum Gasteiger partial charge on any atom is -0.329 e. The maximum atomic E-state index is 5.42. The largest absolute Gasteiger partial charge is 0.329 e. The molecule has 1 heteroatoms. The van der Waals surface area contributed by atoms with Gasteiger partial charge in [-0.2, -0.15) is 0 Å². The van der Waals surface area contributed by atoms with Crippen LogP contribution in [0.3, 0.4) is 0 Å². The smallest absolute Gasteiger partial charge is 0.0425 e. The average molecular weight is 149 g/mol. The first kappa shape index (κ1) is 7.03. The Kier molecular flexibility index (Phi) is 1.39. The van der Waals surface area contributed by atoms with E-state index in [1.54, 1.807) is 0 Å². The summed E-state index contributed by atoms with van der Waals surface area (Å²) < 4.78 is 0. The van der Waals surface area contributed by atoms with Gasteiger partial charge in [-0.3, -0.25) is 0 Å². The highest BCUT2D eigenvalue weighted by Gasteiger charge is 2.52. The fraction of sp³-hybridized carbons (Fsp3) is 0.800. The number of nitrogens with zero attached hydrogens (tertiary/aromatic N) is 1. The molecular formula is C10H15N. The van der Waals surface area contributed by atoms with Crippen LogP contribution in [0.5, 0.6) is 0 Å². The maximum absolute atomic E-state index is 5.42. The van der Waals surface area contributed by atoms with E-state index in [1.165, 1.54) is 6.42 Å². The number of rotatable bonds is 1. The molecule has 0 aromatic heterocycles. The Morgan fingerprint density at radius 1 is 1.55 bits per heavy atom. The molecule has 2 aliphatic rings. The summed E-state index contributed by atoms with van der Waals surface area (Å²) in [6.45, 7) is 5.70. The second-order valence-electron chi connectivity index (χ2n) is 4.18. The monoisotopic (exact) mass is 149 g/mol. The number of terminal acetylenes is 1. The van der Waals surface area contributed by atoms with Gasteiger partial charge in [-0.05, 0) is 24.2 Å². The van der Waals surface area contributed by atoms with Crippen LogP contribution in [0.15, 0.2) is 0 Å². The van der Waals surface area contributed by atoms with Gasteiger partial charge in [0.1, 0.15) is 0 Å². The lowest BCUT2D eigenvalue weighted by molar-refractivity contribution is 0.256. The molecule has 0 aromatic carbocycles. The lowest BCUT2D eigenvalue weighted by Gasteiger charge is -2.26. The van der Waals surface area contributed by atoms with Gasteiger partial charge in [-0.25, -0.2) is 0 Å². The van der Waals surface area contributed by atoms with Gasteiger partial charge >= 0.3 is 0 Å². The molecule has 1 aliphatic heterocycles. The molecular weight excluding hydrogens is 134 g/mol. The van der Waals surface area contributed by atoms with Crippen LogP contribution in [0, 0.1) is 30.2 Å². The average Bonchev–Trinajstić information content (AvgIpc) is 2.61. The van der Waals surface area contributed by atoms with Gasteiger partial charge in [0.05, 0.1) is 0 Å². The van der Waals surface area contributed by atoms with Crippen LogP contribution < -0.4 is 0 Å². The van der Waals surface area contributed by atoms with Crippen LogP contribution in [-0.4, -0.2) is 17.5 Å². The van der Waals surface area contributed by atoms with Gasteiger partial charge in [-0.15, -0.1) is 0 Å². The van der Waals surface area contributed by atoms with Gasteiger partial charge in [-0.1, -0.05) is 20.3 Å². The summed E-state index contributed by atoms with van der Waals surface area (Å²) in [5.41, 5.74) is 0. The Morgan fingerprint density at radius 3 is 2.73 bits per heavy atom. The first-order valence-corrected chi connectivity index (χ1v) is 4.47. The molecule has 1 heterocycles. The number of fused-ring (bicyclic) bond motifs is 1. The van der Waals surface area contributed by atoms with Crippen LogP contribution in [-0.2, 0) is 0 Å². The van der Waals surface area contributed by atoms with Crippen molar-refractivity contribution in [3.05, 3.63) is 0 Å². The van der Waals surface area contributed by atoms with E-state index in [-0.39, 0.29) is 0 Å². The molecule has 0 aromatic rings. The van der Waals surface area contributed by atoms with Crippen molar-refractivity contribution in [3.63, 3.8) is 0 Å². The molecule has 0 amide bonds. The zero-order valence-corrected chi connectivity index (χ0v) is 7.25. The molecule has 60 valence electrons. The normalized spacial score (nSPS) is 40.5. The molecule has 1 saturated carbocycles. The van der Waals surface area contributed by atoms with Crippen LogP contribution >= 0.6 is 0 Å². The summed E-state index contributed by atoms with van der Waals surface area (Å²) in [6.07, 6.45) is 6.85. The molecule has 0 spiro atoms. The molecule has 2 fully saturated rings.